The van der Waals surface area contributed by atoms with E-state index in [1.54, 1.807) is 0 Å². The molecule has 2 fully saturated rings. The molecule has 1 aromatic rings. The summed E-state index contributed by atoms with van der Waals surface area (Å²) >= 11 is 6.03. The third-order valence-electron chi connectivity index (χ3n) is 4.71. The molecule has 1 aliphatic carbocycles. The molecule has 2 heterocycles. The SMILES string of the molecule is O=C(NC1CCCCCC1)O[C@@H]1CCN(c2cn[nH]c(=O)c2Cl)C1. The zero-order chi connectivity index (χ0) is 16.9. The van der Waals surface area contributed by atoms with Gasteiger partial charge in [0.25, 0.3) is 5.56 Å². The van der Waals surface area contributed by atoms with E-state index in [9.17, 15) is 9.59 Å². The van der Waals surface area contributed by atoms with E-state index in [0.29, 0.717) is 25.2 Å². The number of halogens is 1. The van der Waals surface area contributed by atoms with E-state index < -0.39 is 5.56 Å². The van der Waals surface area contributed by atoms with E-state index in [0.717, 1.165) is 25.7 Å². The van der Waals surface area contributed by atoms with E-state index in [1.807, 2.05) is 4.90 Å². The monoisotopic (exact) mass is 354 g/mol. The number of nitrogens with zero attached hydrogens (tertiary/aromatic N) is 2. The van der Waals surface area contributed by atoms with Gasteiger partial charge in [-0.3, -0.25) is 4.79 Å². The highest BCUT2D eigenvalue weighted by molar-refractivity contribution is 6.33. The lowest BCUT2D eigenvalue weighted by Gasteiger charge is -2.20. The van der Waals surface area contributed by atoms with Gasteiger partial charge in [-0.1, -0.05) is 37.3 Å². The molecule has 1 saturated carbocycles. The summed E-state index contributed by atoms with van der Waals surface area (Å²) in [5.41, 5.74) is 0.167. The number of rotatable bonds is 3. The van der Waals surface area contributed by atoms with Crippen LogP contribution < -0.4 is 15.8 Å². The van der Waals surface area contributed by atoms with Crippen molar-refractivity contribution in [3.63, 3.8) is 0 Å². The molecule has 1 aliphatic heterocycles. The van der Waals surface area contributed by atoms with Crippen LogP contribution in [0.4, 0.5) is 10.5 Å². The second-order valence-corrected chi connectivity index (χ2v) is 6.87. The summed E-state index contributed by atoms with van der Waals surface area (Å²) in [6, 6.07) is 0.226. The van der Waals surface area contributed by atoms with Gasteiger partial charge in [0.05, 0.1) is 18.4 Å². The minimum atomic E-state index is -0.412. The maximum Gasteiger partial charge on any atom is 0.407 e. The van der Waals surface area contributed by atoms with Crippen LogP contribution in [-0.2, 0) is 4.74 Å². The van der Waals surface area contributed by atoms with Gasteiger partial charge in [-0.25, -0.2) is 9.89 Å². The summed E-state index contributed by atoms with van der Waals surface area (Å²) in [6.45, 7) is 1.19. The minimum Gasteiger partial charge on any atom is -0.444 e. The Kier molecular flexibility index (Phi) is 5.60. The van der Waals surface area contributed by atoms with Crippen molar-refractivity contribution < 1.29 is 9.53 Å². The van der Waals surface area contributed by atoms with Crippen LogP contribution in [0.5, 0.6) is 0 Å². The molecule has 3 rings (SSSR count). The molecule has 0 bridgehead atoms. The molecular formula is C16H23ClN4O3. The van der Waals surface area contributed by atoms with E-state index in [1.165, 1.54) is 19.0 Å². The zero-order valence-corrected chi connectivity index (χ0v) is 14.3. The fraction of sp³-hybridized carbons (Fsp3) is 0.688. The number of anilines is 1. The van der Waals surface area contributed by atoms with Crippen LogP contribution in [0.25, 0.3) is 0 Å². The maximum atomic E-state index is 12.1. The summed E-state index contributed by atoms with van der Waals surface area (Å²) in [6.07, 6.45) is 8.56. The number of H-pyrrole nitrogens is 1. The number of hydrogen-bond acceptors (Lipinski definition) is 5. The maximum absolute atomic E-state index is 12.1. The lowest BCUT2D eigenvalue weighted by molar-refractivity contribution is 0.104. The number of nitrogens with one attached hydrogen (secondary N) is 2. The van der Waals surface area contributed by atoms with Crippen molar-refractivity contribution in [2.75, 3.05) is 18.0 Å². The van der Waals surface area contributed by atoms with Crippen molar-refractivity contribution in [3.05, 3.63) is 21.6 Å². The molecule has 0 unspecified atom stereocenters. The number of ether oxygens (including phenoxy) is 1. The molecule has 8 heteroatoms. The third-order valence-corrected chi connectivity index (χ3v) is 5.08. The lowest BCUT2D eigenvalue weighted by atomic mass is 10.1. The summed E-state index contributed by atoms with van der Waals surface area (Å²) in [5.74, 6) is 0. The molecule has 2 N–H and O–H groups in total. The van der Waals surface area contributed by atoms with Gasteiger partial charge >= 0.3 is 6.09 Å². The van der Waals surface area contributed by atoms with E-state index in [-0.39, 0.29) is 23.3 Å². The number of aromatic amines is 1. The van der Waals surface area contributed by atoms with E-state index >= 15 is 0 Å². The van der Waals surface area contributed by atoms with Crippen molar-refractivity contribution in [2.45, 2.75) is 57.1 Å². The average Bonchev–Trinajstić information content (AvgIpc) is 2.85. The number of carbonyl (C=O) groups is 1. The van der Waals surface area contributed by atoms with Crippen LogP contribution in [0.3, 0.4) is 0 Å². The van der Waals surface area contributed by atoms with Crippen LogP contribution in [0.2, 0.25) is 5.02 Å². The molecule has 1 amide bonds. The van der Waals surface area contributed by atoms with Crippen LogP contribution >= 0.6 is 11.6 Å². The first-order chi connectivity index (χ1) is 11.6. The Morgan fingerprint density at radius 3 is 2.79 bits per heavy atom. The molecule has 1 aromatic heterocycles. The Morgan fingerprint density at radius 1 is 1.29 bits per heavy atom. The summed E-state index contributed by atoms with van der Waals surface area (Å²) in [5, 5.41) is 9.18. The minimum absolute atomic E-state index is 0.119. The van der Waals surface area contributed by atoms with Crippen LogP contribution in [0, 0.1) is 0 Å². The van der Waals surface area contributed by atoms with Crippen molar-refractivity contribution in [2.24, 2.45) is 0 Å². The Bertz CT molecular complexity index is 628. The fourth-order valence-corrected chi connectivity index (χ4v) is 3.62. The first kappa shape index (κ1) is 17.1. The second kappa shape index (κ2) is 7.88. The molecular weight excluding hydrogens is 332 g/mol. The van der Waals surface area contributed by atoms with E-state index in [4.69, 9.17) is 16.3 Å². The Balaban J connectivity index is 1.51. The molecule has 132 valence electrons. The number of carbonyl (C=O) groups excluding carboxylic acids is 1. The predicted octanol–water partition coefficient (Wildman–Crippen LogP) is 2.45. The van der Waals surface area contributed by atoms with E-state index in [2.05, 4.69) is 15.5 Å². The second-order valence-electron chi connectivity index (χ2n) is 6.49. The standard InChI is InChI=1S/C16H23ClN4O3/c17-14-13(9-18-20-15(14)22)21-8-7-12(10-21)24-16(23)19-11-5-3-1-2-4-6-11/h9,11-12H,1-8,10H2,(H,19,23)(H,20,22)/t12-/m1/s1. The van der Waals surface area contributed by atoms with Gasteiger partial charge in [-0.2, -0.15) is 5.10 Å². The quantitative estimate of drug-likeness (QED) is 0.814. The number of amides is 1. The van der Waals surface area contributed by atoms with Gasteiger partial charge in [0, 0.05) is 19.0 Å². The molecule has 1 atom stereocenters. The highest BCUT2D eigenvalue weighted by Gasteiger charge is 2.28. The summed E-state index contributed by atoms with van der Waals surface area (Å²) in [7, 11) is 0. The highest BCUT2D eigenvalue weighted by Crippen LogP contribution is 2.26. The van der Waals surface area contributed by atoms with Crippen LogP contribution in [0.1, 0.15) is 44.9 Å². The van der Waals surface area contributed by atoms with Gasteiger partial charge in [0.15, 0.2) is 0 Å². The van der Waals surface area contributed by atoms with Gasteiger partial charge in [-0.15, -0.1) is 0 Å². The highest BCUT2D eigenvalue weighted by atomic mass is 35.5. The molecule has 0 spiro atoms. The van der Waals surface area contributed by atoms with Crippen molar-refractivity contribution >= 4 is 23.4 Å². The summed E-state index contributed by atoms with van der Waals surface area (Å²) < 4.78 is 5.54. The number of alkyl carbamates (subject to hydrolysis) is 1. The number of aromatic nitrogens is 2. The first-order valence-corrected chi connectivity index (χ1v) is 8.96. The average molecular weight is 355 g/mol. The summed E-state index contributed by atoms with van der Waals surface area (Å²) in [4.78, 5) is 25.6. The van der Waals surface area contributed by atoms with Gasteiger partial charge < -0.3 is 15.0 Å². The Hall–Kier alpha value is -1.76. The topological polar surface area (TPSA) is 87.3 Å². The predicted molar refractivity (Wildman–Crippen MR) is 91.6 cm³/mol. The Morgan fingerprint density at radius 2 is 2.04 bits per heavy atom. The molecule has 2 aliphatic rings. The molecule has 7 nitrogen and oxygen atoms in total. The van der Waals surface area contributed by atoms with Crippen molar-refractivity contribution in [1.82, 2.24) is 15.5 Å². The van der Waals surface area contributed by atoms with Crippen molar-refractivity contribution in [1.29, 1.82) is 0 Å². The normalized spacial score (nSPS) is 22.2. The Labute approximate surface area is 145 Å². The van der Waals surface area contributed by atoms with Gasteiger partial charge in [0.2, 0.25) is 0 Å². The van der Waals surface area contributed by atoms with Gasteiger partial charge in [-0.05, 0) is 12.8 Å². The largest absolute Gasteiger partial charge is 0.444 e. The van der Waals surface area contributed by atoms with Crippen LogP contribution in [0.15, 0.2) is 11.0 Å². The lowest BCUT2D eigenvalue weighted by Crippen LogP contribution is -2.37. The molecule has 1 saturated heterocycles. The molecule has 24 heavy (non-hydrogen) atoms. The smallest absolute Gasteiger partial charge is 0.407 e. The van der Waals surface area contributed by atoms with Crippen molar-refractivity contribution in [3.8, 4) is 0 Å². The molecule has 0 aromatic carbocycles. The first-order valence-electron chi connectivity index (χ1n) is 8.59. The number of hydrogen-bond donors (Lipinski definition) is 2. The fourth-order valence-electron chi connectivity index (χ4n) is 3.41. The van der Waals surface area contributed by atoms with Gasteiger partial charge in [0.1, 0.15) is 11.1 Å². The molecule has 0 radical (unpaired) electrons. The zero-order valence-electron chi connectivity index (χ0n) is 13.6. The van der Waals surface area contributed by atoms with Crippen LogP contribution in [-0.4, -0.2) is 41.5 Å². The third kappa shape index (κ3) is 4.20.